The van der Waals surface area contributed by atoms with Gasteiger partial charge in [-0.15, -0.1) is 0 Å². The van der Waals surface area contributed by atoms with Crippen LogP contribution in [0.5, 0.6) is 0 Å². The van der Waals surface area contributed by atoms with Crippen LogP contribution < -0.4 is 0 Å². The smallest absolute Gasteiger partial charge is 0.300 e. The number of aliphatic carboxylic acids is 1. The van der Waals surface area contributed by atoms with Crippen LogP contribution >= 0.6 is 0 Å². The molecule has 35 valence electrons. The minimum Gasteiger partial charge on any atom is -0.481 e. The summed E-state index contributed by atoms with van der Waals surface area (Å²) in [5.41, 5.74) is 0. The number of rotatable bonds is 0. The van der Waals surface area contributed by atoms with Crippen LogP contribution in [0.4, 0.5) is 0 Å². The van der Waals surface area contributed by atoms with Crippen molar-refractivity contribution >= 4 is 43.7 Å². The Morgan fingerprint density at radius 3 is 1.67 bits per heavy atom. The zero-order valence-corrected chi connectivity index (χ0v) is 6.65. The molecule has 0 spiro atoms. The summed E-state index contributed by atoms with van der Waals surface area (Å²) < 4.78 is 0. The van der Waals surface area contributed by atoms with E-state index in [1.54, 1.807) is 0 Å². The van der Waals surface area contributed by atoms with Crippen molar-refractivity contribution in [1.82, 2.24) is 0 Å². The summed E-state index contributed by atoms with van der Waals surface area (Å²) in [6.45, 7) is 1.08. The second-order valence-electron chi connectivity index (χ2n) is 0.519. The Balaban J connectivity index is -0.0000000450. The third-order valence-corrected chi connectivity index (χ3v) is 0. The minimum atomic E-state index is -0.833. The van der Waals surface area contributed by atoms with Crippen LogP contribution in [0.2, 0.25) is 0 Å². The van der Waals surface area contributed by atoms with E-state index in [9.17, 15) is 0 Å². The number of carboxylic acid groups (broad SMARTS) is 1. The fourth-order valence-electron chi connectivity index (χ4n) is 0. The predicted octanol–water partition coefficient (Wildman–Crippen LogP) is -0.292. The molecule has 2 nitrogen and oxygen atoms in total. The van der Waals surface area contributed by atoms with Crippen molar-refractivity contribution in [2.24, 2.45) is 0 Å². The van der Waals surface area contributed by atoms with Crippen LogP contribution in [-0.4, -0.2) is 48.8 Å². The number of hydrogen-bond donors (Lipinski definition) is 1. The molecule has 0 atom stereocenters. The molecule has 0 aliphatic carbocycles. The molecule has 4 heteroatoms. The molecule has 0 unspecified atom stereocenters. The van der Waals surface area contributed by atoms with Gasteiger partial charge < -0.3 is 5.11 Å². The summed E-state index contributed by atoms with van der Waals surface area (Å²) in [5.74, 6) is -0.833. The molecular formula is C2H4CaCoO2. The van der Waals surface area contributed by atoms with Crippen molar-refractivity contribution in [3.8, 4) is 0 Å². The Bertz CT molecular complexity index is 34.5. The average molecular weight is 159 g/mol. The van der Waals surface area contributed by atoms with Crippen molar-refractivity contribution in [3.63, 3.8) is 0 Å². The van der Waals surface area contributed by atoms with E-state index in [0.717, 1.165) is 6.92 Å². The van der Waals surface area contributed by atoms with E-state index in [2.05, 4.69) is 0 Å². The molecule has 0 aliphatic heterocycles. The zero-order valence-electron chi connectivity index (χ0n) is 3.40. The van der Waals surface area contributed by atoms with E-state index < -0.39 is 5.97 Å². The Morgan fingerprint density at radius 1 is 1.67 bits per heavy atom. The quantitative estimate of drug-likeness (QED) is 0.493. The summed E-state index contributed by atoms with van der Waals surface area (Å²) in [6, 6.07) is 0. The van der Waals surface area contributed by atoms with E-state index in [-0.39, 0.29) is 54.5 Å². The Labute approximate surface area is 76.5 Å². The monoisotopic (exact) mass is 159 g/mol. The summed E-state index contributed by atoms with van der Waals surface area (Å²) in [5, 5.41) is 7.42. The van der Waals surface area contributed by atoms with Gasteiger partial charge in [-0.2, -0.15) is 0 Å². The normalized spacial score (nSPS) is 4.17. The molecule has 0 aromatic heterocycles. The van der Waals surface area contributed by atoms with Gasteiger partial charge in [0.25, 0.3) is 5.97 Å². The van der Waals surface area contributed by atoms with Crippen LogP contribution in [0, 0.1) is 0 Å². The van der Waals surface area contributed by atoms with Gasteiger partial charge in [0.05, 0.1) is 0 Å². The summed E-state index contributed by atoms with van der Waals surface area (Å²) in [4.78, 5) is 9.00. The first-order valence-corrected chi connectivity index (χ1v) is 0.928. The molecule has 0 fully saturated rings. The van der Waals surface area contributed by atoms with Crippen molar-refractivity contribution in [1.29, 1.82) is 0 Å². The van der Waals surface area contributed by atoms with E-state index >= 15 is 0 Å². The van der Waals surface area contributed by atoms with E-state index in [0.29, 0.717) is 0 Å². The molecule has 0 saturated heterocycles. The van der Waals surface area contributed by atoms with E-state index in [1.165, 1.54) is 0 Å². The molecule has 0 aliphatic rings. The van der Waals surface area contributed by atoms with Gasteiger partial charge in [-0.1, -0.05) is 0 Å². The molecule has 0 heterocycles. The maximum absolute atomic E-state index is 9.00. The second-order valence-corrected chi connectivity index (χ2v) is 0.519. The fourth-order valence-corrected chi connectivity index (χ4v) is 0. The van der Waals surface area contributed by atoms with E-state index in [4.69, 9.17) is 9.90 Å². The maximum Gasteiger partial charge on any atom is 0.300 e. The molecule has 0 aromatic rings. The van der Waals surface area contributed by atoms with E-state index in [1.807, 2.05) is 0 Å². The second kappa shape index (κ2) is 9.53. The summed E-state index contributed by atoms with van der Waals surface area (Å²) >= 11 is 0. The molecule has 0 amide bonds. The van der Waals surface area contributed by atoms with Crippen molar-refractivity contribution < 1.29 is 26.7 Å². The summed E-state index contributed by atoms with van der Waals surface area (Å²) in [6.07, 6.45) is 0. The average Bonchev–Trinajstić information content (AvgIpc) is 0.811. The molecule has 0 bridgehead atoms. The molecule has 1 N–H and O–H groups in total. The number of carboxylic acids is 1. The summed E-state index contributed by atoms with van der Waals surface area (Å²) in [7, 11) is 0. The van der Waals surface area contributed by atoms with Gasteiger partial charge in [0.15, 0.2) is 0 Å². The largest absolute Gasteiger partial charge is 0.481 e. The topological polar surface area (TPSA) is 37.3 Å². The number of carbonyl (C=O) groups is 1. The third kappa shape index (κ3) is 61.5. The maximum atomic E-state index is 9.00. The molecular weight excluding hydrogens is 155 g/mol. The first-order chi connectivity index (χ1) is 1.73. The standard InChI is InChI=1S/C2H4O2.Ca.Co/c1-2(3)4;;/h1H3,(H,3,4);;. The molecule has 0 saturated carbocycles. The van der Waals surface area contributed by atoms with Crippen molar-refractivity contribution in [2.45, 2.75) is 6.92 Å². The van der Waals surface area contributed by atoms with Crippen LogP contribution in [-0.2, 0) is 21.6 Å². The van der Waals surface area contributed by atoms with Crippen LogP contribution in [0.3, 0.4) is 0 Å². The number of hydrogen-bond acceptors (Lipinski definition) is 1. The van der Waals surface area contributed by atoms with Gasteiger partial charge in [-0.05, 0) is 0 Å². The fraction of sp³-hybridized carbons (Fsp3) is 0.500. The zero-order chi connectivity index (χ0) is 3.58. The van der Waals surface area contributed by atoms with Gasteiger partial charge in [-0.25, -0.2) is 0 Å². The van der Waals surface area contributed by atoms with Gasteiger partial charge in [0, 0.05) is 61.4 Å². The van der Waals surface area contributed by atoms with Crippen LogP contribution in [0.15, 0.2) is 0 Å². The Morgan fingerprint density at radius 2 is 1.67 bits per heavy atom. The van der Waals surface area contributed by atoms with Crippen LogP contribution in [0.25, 0.3) is 0 Å². The third-order valence-electron chi connectivity index (χ3n) is 0. The van der Waals surface area contributed by atoms with Gasteiger partial charge in [-0.3, -0.25) is 4.79 Å². The van der Waals surface area contributed by atoms with Crippen LogP contribution in [0.1, 0.15) is 6.92 Å². The SMILES string of the molecule is CC(=O)O.[Ca].[Co]. The minimum absolute atomic E-state index is 0. The first kappa shape index (κ1) is 15.7. The first-order valence-electron chi connectivity index (χ1n) is 0.928. The van der Waals surface area contributed by atoms with Gasteiger partial charge >= 0.3 is 0 Å². The van der Waals surface area contributed by atoms with Crippen molar-refractivity contribution in [2.75, 3.05) is 0 Å². The molecule has 3 radical (unpaired) electrons. The molecule has 6 heavy (non-hydrogen) atoms. The Hall–Kier alpha value is 1.24. The molecule has 0 aromatic carbocycles. The van der Waals surface area contributed by atoms with Gasteiger partial charge in [0.2, 0.25) is 0 Å². The predicted molar refractivity (Wildman–Crippen MR) is 19.1 cm³/mol. The Kier molecular flexibility index (Phi) is 24.9. The van der Waals surface area contributed by atoms with Gasteiger partial charge in [0.1, 0.15) is 0 Å². The molecule has 0 rings (SSSR count). The van der Waals surface area contributed by atoms with Crippen molar-refractivity contribution in [3.05, 3.63) is 0 Å².